The maximum Gasteiger partial charge on any atom is 0.258 e. The number of hydrogen-bond acceptors (Lipinski definition) is 5. The van der Waals surface area contributed by atoms with Gasteiger partial charge in [-0.3, -0.25) is 4.79 Å². The van der Waals surface area contributed by atoms with Crippen molar-refractivity contribution in [2.75, 3.05) is 44.9 Å². The zero-order valence-corrected chi connectivity index (χ0v) is 22.7. The van der Waals surface area contributed by atoms with E-state index in [1.54, 1.807) is 43.4 Å². The molecule has 0 unspecified atom stereocenters. The van der Waals surface area contributed by atoms with Crippen LogP contribution in [-0.4, -0.2) is 63.2 Å². The Morgan fingerprint density at radius 2 is 1.77 bits per heavy atom. The molecule has 40 heavy (non-hydrogen) atoms. The van der Waals surface area contributed by atoms with Gasteiger partial charge in [0.25, 0.3) is 5.91 Å². The molecule has 0 aliphatic carbocycles. The Bertz CT molecular complexity index is 1740. The number of morpholine rings is 1. The number of ether oxygens (including phenoxy) is 2. The first-order valence-electron chi connectivity index (χ1n) is 13.0. The number of likely N-dealkylation sites (N-methyl/N-ethyl adjacent to an activating group) is 1. The quantitative estimate of drug-likeness (QED) is 0.313. The summed E-state index contributed by atoms with van der Waals surface area (Å²) in [4.78, 5) is 15.0. The van der Waals surface area contributed by atoms with Gasteiger partial charge in [-0.1, -0.05) is 30.3 Å². The van der Waals surface area contributed by atoms with E-state index >= 15 is 0 Å². The molecule has 3 heterocycles. The molecule has 2 aliphatic heterocycles. The molecule has 1 aromatic heterocycles. The van der Waals surface area contributed by atoms with Gasteiger partial charge in [-0.2, -0.15) is 4.31 Å². The third-order valence-electron chi connectivity index (χ3n) is 7.31. The van der Waals surface area contributed by atoms with Crippen molar-refractivity contribution >= 4 is 44.2 Å². The second-order valence-corrected chi connectivity index (χ2v) is 11.6. The second kappa shape index (κ2) is 10.5. The molecule has 0 spiro atoms. The largest absolute Gasteiger partial charge is 0.489 e. The maximum absolute atomic E-state index is 14.0. The average molecular weight is 562 g/mol. The van der Waals surface area contributed by atoms with E-state index in [1.807, 2.05) is 41.1 Å². The predicted molar refractivity (Wildman–Crippen MR) is 151 cm³/mol. The monoisotopic (exact) mass is 561 g/mol. The average Bonchev–Trinajstić information content (AvgIpc) is 3.44. The summed E-state index contributed by atoms with van der Waals surface area (Å²) >= 11 is 0. The van der Waals surface area contributed by atoms with Gasteiger partial charge in [0.05, 0.1) is 30.3 Å². The van der Waals surface area contributed by atoms with Crippen LogP contribution in [-0.2, 0) is 26.1 Å². The lowest BCUT2D eigenvalue weighted by Gasteiger charge is -2.26. The topological polar surface area (TPSA) is 81.1 Å². The highest BCUT2D eigenvalue weighted by molar-refractivity contribution is 7.89. The molecule has 8 nitrogen and oxygen atoms in total. The minimum Gasteiger partial charge on any atom is -0.489 e. The van der Waals surface area contributed by atoms with E-state index in [1.165, 1.54) is 15.3 Å². The summed E-state index contributed by atoms with van der Waals surface area (Å²) in [6.07, 6.45) is 3.74. The first-order chi connectivity index (χ1) is 19.3. The molecule has 10 heteroatoms. The Kier molecular flexibility index (Phi) is 6.91. The number of anilines is 1. The first-order valence-corrected chi connectivity index (χ1v) is 14.5. The van der Waals surface area contributed by atoms with Crippen molar-refractivity contribution in [1.82, 2.24) is 8.87 Å². The molecule has 206 valence electrons. The fraction of sp³-hybridized carbons (Fsp3) is 0.233. The first kappa shape index (κ1) is 26.2. The van der Waals surface area contributed by atoms with Crippen LogP contribution in [0.15, 0.2) is 77.8 Å². The fourth-order valence-corrected chi connectivity index (χ4v) is 6.65. The van der Waals surface area contributed by atoms with Crippen LogP contribution in [0.5, 0.6) is 5.75 Å². The van der Waals surface area contributed by atoms with Crippen molar-refractivity contribution in [3.63, 3.8) is 0 Å². The number of carbonyl (C=O) groups excluding carboxylic acids is 1. The highest BCUT2D eigenvalue weighted by atomic mass is 32.2. The lowest BCUT2D eigenvalue weighted by Crippen LogP contribution is -2.40. The molecule has 1 amide bonds. The van der Waals surface area contributed by atoms with E-state index in [0.29, 0.717) is 49.7 Å². The van der Waals surface area contributed by atoms with Crippen LogP contribution in [0.4, 0.5) is 10.1 Å². The summed E-state index contributed by atoms with van der Waals surface area (Å²) in [6.45, 7) is 2.01. The number of aromatic nitrogens is 1. The highest BCUT2D eigenvalue weighted by Gasteiger charge is 2.33. The van der Waals surface area contributed by atoms with Crippen molar-refractivity contribution < 1.29 is 27.1 Å². The number of benzene rings is 3. The summed E-state index contributed by atoms with van der Waals surface area (Å²) in [7, 11) is -2.05. The van der Waals surface area contributed by atoms with Gasteiger partial charge in [-0.15, -0.1) is 0 Å². The molecule has 1 saturated heterocycles. The molecule has 0 saturated carbocycles. The number of sulfonamides is 1. The number of amides is 1. The Morgan fingerprint density at radius 3 is 2.58 bits per heavy atom. The minimum absolute atomic E-state index is 0.148. The number of para-hydroxylation sites is 2. The number of carbonyl (C=O) groups is 1. The molecule has 4 aromatic rings. The molecule has 0 radical (unpaired) electrons. The van der Waals surface area contributed by atoms with Crippen LogP contribution in [0.3, 0.4) is 0 Å². The van der Waals surface area contributed by atoms with Crippen LogP contribution >= 0.6 is 0 Å². The van der Waals surface area contributed by atoms with E-state index in [0.717, 1.165) is 16.5 Å². The van der Waals surface area contributed by atoms with Gasteiger partial charge in [0.2, 0.25) is 10.0 Å². The second-order valence-electron chi connectivity index (χ2n) is 9.69. The maximum atomic E-state index is 14.0. The summed E-state index contributed by atoms with van der Waals surface area (Å²) in [5, 5.41) is 0.932. The summed E-state index contributed by atoms with van der Waals surface area (Å²) < 4.78 is 55.0. The number of fused-ring (bicyclic) bond motifs is 2. The minimum atomic E-state index is -3.73. The normalized spacial score (nSPS) is 17.1. The van der Waals surface area contributed by atoms with E-state index in [2.05, 4.69) is 0 Å². The van der Waals surface area contributed by atoms with Crippen LogP contribution in [0.2, 0.25) is 0 Å². The van der Waals surface area contributed by atoms with E-state index < -0.39 is 15.8 Å². The smallest absolute Gasteiger partial charge is 0.258 e. The lowest BCUT2D eigenvalue weighted by atomic mass is 10.0. The van der Waals surface area contributed by atoms with Crippen LogP contribution in [0.25, 0.3) is 22.6 Å². The van der Waals surface area contributed by atoms with Gasteiger partial charge in [-0.05, 0) is 42.5 Å². The van der Waals surface area contributed by atoms with Gasteiger partial charge in [0, 0.05) is 53.9 Å². The third kappa shape index (κ3) is 4.68. The molecule has 1 fully saturated rings. The van der Waals surface area contributed by atoms with Gasteiger partial charge in [0.15, 0.2) is 11.6 Å². The van der Waals surface area contributed by atoms with Gasteiger partial charge in [-0.25, -0.2) is 12.8 Å². The molecule has 0 bridgehead atoms. The number of rotatable bonds is 7. The SMILES string of the molecule is CN1C(=O)C(=Cc2cn(CCOc3ccccc3F)c3ccccc23)c2cc(S(=O)(=O)N3CCOCC3)ccc21. The predicted octanol–water partition coefficient (Wildman–Crippen LogP) is 4.40. The third-order valence-corrected chi connectivity index (χ3v) is 9.20. The van der Waals surface area contributed by atoms with Crippen LogP contribution in [0, 0.1) is 5.82 Å². The molecule has 0 N–H and O–H groups in total. The van der Waals surface area contributed by atoms with Crippen molar-refractivity contribution in [3.05, 3.63) is 89.9 Å². The van der Waals surface area contributed by atoms with Gasteiger partial charge >= 0.3 is 0 Å². The molecule has 2 aliphatic rings. The number of halogens is 1. The zero-order valence-electron chi connectivity index (χ0n) is 21.9. The van der Waals surface area contributed by atoms with Crippen LogP contribution < -0.4 is 9.64 Å². The lowest BCUT2D eigenvalue weighted by molar-refractivity contribution is -0.112. The summed E-state index contributed by atoms with van der Waals surface area (Å²) in [5.74, 6) is -0.432. The van der Waals surface area contributed by atoms with E-state index in [-0.39, 0.29) is 23.2 Å². The summed E-state index contributed by atoms with van der Waals surface area (Å²) in [6, 6.07) is 18.9. The van der Waals surface area contributed by atoms with Crippen molar-refractivity contribution in [2.45, 2.75) is 11.4 Å². The molecular formula is C30H28FN3O5S. The molecule has 6 rings (SSSR count). The highest BCUT2D eigenvalue weighted by Crippen LogP contribution is 2.39. The van der Waals surface area contributed by atoms with Crippen molar-refractivity contribution in [2.24, 2.45) is 0 Å². The zero-order chi connectivity index (χ0) is 27.9. The van der Waals surface area contributed by atoms with Gasteiger partial charge < -0.3 is 18.9 Å². The molecule has 0 atom stereocenters. The Labute approximate surface area is 231 Å². The van der Waals surface area contributed by atoms with Gasteiger partial charge in [0.1, 0.15) is 6.61 Å². The standard InChI is InChI=1S/C30H28FN3O5S/c1-32-27-11-10-22(40(36,37)34-13-15-38-16-14-34)19-24(27)25(30(32)35)18-21-20-33(28-8-4-2-6-23(21)28)12-17-39-29-9-5-3-7-26(29)31/h2-11,18-20H,12-17H2,1H3. The Balaban J connectivity index is 1.35. The van der Waals surface area contributed by atoms with E-state index in [9.17, 15) is 17.6 Å². The van der Waals surface area contributed by atoms with Crippen molar-refractivity contribution in [3.8, 4) is 5.75 Å². The number of hydrogen-bond donors (Lipinski definition) is 0. The Morgan fingerprint density at radius 1 is 1.02 bits per heavy atom. The summed E-state index contributed by atoms with van der Waals surface area (Å²) in [5.41, 5.74) is 3.39. The fourth-order valence-electron chi connectivity index (χ4n) is 5.21. The van der Waals surface area contributed by atoms with Crippen molar-refractivity contribution in [1.29, 1.82) is 0 Å². The molecule has 3 aromatic carbocycles. The van der Waals surface area contributed by atoms with Crippen LogP contribution in [0.1, 0.15) is 11.1 Å². The Hall–Kier alpha value is -3.99. The number of nitrogens with zero attached hydrogens (tertiary/aromatic N) is 3. The van der Waals surface area contributed by atoms with E-state index in [4.69, 9.17) is 9.47 Å². The molecular weight excluding hydrogens is 533 g/mol.